The van der Waals surface area contributed by atoms with E-state index in [-0.39, 0.29) is 18.0 Å². The molecule has 0 atom stereocenters. The predicted octanol–water partition coefficient (Wildman–Crippen LogP) is 1.80. The molecule has 3 nitrogen and oxygen atoms in total. The fourth-order valence-electron chi connectivity index (χ4n) is 1.16. The van der Waals surface area contributed by atoms with E-state index in [2.05, 4.69) is 4.74 Å². The Labute approximate surface area is 87.1 Å². The number of nitrogens with zero attached hydrogens (tertiary/aromatic N) is 1. The minimum absolute atomic E-state index is 0.00244. The second kappa shape index (κ2) is 5.11. The van der Waals surface area contributed by atoms with E-state index in [0.717, 1.165) is 5.56 Å². The lowest BCUT2D eigenvalue weighted by molar-refractivity contribution is -0.140. The first kappa shape index (κ1) is 11.2. The van der Waals surface area contributed by atoms with Crippen molar-refractivity contribution in [2.24, 2.45) is 0 Å². The Bertz CT molecular complexity index is 410. The highest BCUT2D eigenvalue weighted by Gasteiger charge is 2.05. The summed E-state index contributed by atoms with van der Waals surface area (Å²) in [6.45, 7) is 0. The van der Waals surface area contributed by atoms with Crippen LogP contribution in [0, 0.1) is 17.1 Å². The van der Waals surface area contributed by atoms with Gasteiger partial charge in [0.05, 0.1) is 12.7 Å². The molecule has 0 aliphatic rings. The van der Waals surface area contributed by atoms with Crippen molar-refractivity contribution in [1.82, 2.24) is 0 Å². The summed E-state index contributed by atoms with van der Waals surface area (Å²) in [5, 5.41) is 8.58. The van der Waals surface area contributed by atoms with E-state index in [1.165, 1.54) is 19.2 Å². The third-order valence-corrected chi connectivity index (χ3v) is 2.00. The van der Waals surface area contributed by atoms with Gasteiger partial charge in [0.1, 0.15) is 11.9 Å². The van der Waals surface area contributed by atoms with Gasteiger partial charge in [-0.15, -0.1) is 0 Å². The normalized spacial score (nSPS) is 9.40. The van der Waals surface area contributed by atoms with Crippen LogP contribution in [0.4, 0.5) is 4.39 Å². The van der Waals surface area contributed by atoms with E-state index < -0.39 is 5.82 Å². The summed E-state index contributed by atoms with van der Waals surface area (Å²) in [5.41, 5.74) is 0.746. The summed E-state index contributed by atoms with van der Waals surface area (Å²) in [6, 6.07) is 5.97. The number of ether oxygens (including phenoxy) is 1. The lowest BCUT2D eigenvalue weighted by atomic mass is 10.1. The van der Waals surface area contributed by atoms with Gasteiger partial charge in [0.25, 0.3) is 0 Å². The Morgan fingerprint density at radius 3 is 2.93 bits per heavy atom. The van der Waals surface area contributed by atoms with E-state index in [1.807, 2.05) is 0 Å². The zero-order chi connectivity index (χ0) is 11.3. The Balaban J connectivity index is 2.71. The fraction of sp³-hybridized carbons (Fsp3) is 0.273. The van der Waals surface area contributed by atoms with E-state index in [1.54, 1.807) is 12.1 Å². The van der Waals surface area contributed by atoms with Gasteiger partial charge in [-0.05, 0) is 24.1 Å². The van der Waals surface area contributed by atoms with Crippen LogP contribution in [0.2, 0.25) is 0 Å². The maximum absolute atomic E-state index is 12.9. The zero-order valence-electron chi connectivity index (χ0n) is 8.29. The number of hydrogen-bond donors (Lipinski definition) is 0. The van der Waals surface area contributed by atoms with Crippen molar-refractivity contribution in [3.8, 4) is 6.07 Å². The largest absolute Gasteiger partial charge is 0.469 e. The average molecular weight is 207 g/mol. The predicted molar refractivity (Wildman–Crippen MR) is 51.5 cm³/mol. The molecule has 0 aromatic heterocycles. The molecule has 0 aliphatic carbocycles. The number of nitriles is 1. The SMILES string of the molecule is COC(=O)CCc1ccc(F)c(C#N)c1. The number of aryl methyl sites for hydroxylation is 1. The Morgan fingerprint density at radius 2 is 2.33 bits per heavy atom. The van der Waals surface area contributed by atoms with Crippen LogP contribution in [-0.4, -0.2) is 13.1 Å². The van der Waals surface area contributed by atoms with Gasteiger partial charge in [-0.3, -0.25) is 4.79 Å². The highest BCUT2D eigenvalue weighted by atomic mass is 19.1. The van der Waals surface area contributed by atoms with Crippen LogP contribution >= 0.6 is 0 Å². The molecule has 0 bridgehead atoms. The molecule has 4 heteroatoms. The van der Waals surface area contributed by atoms with Crippen molar-refractivity contribution in [3.63, 3.8) is 0 Å². The molecule has 0 saturated heterocycles. The maximum Gasteiger partial charge on any atom is 0.305 e. The molecule has 0 amide bonds. The molecule has 78 valence electrons. The smallest absolute Gasteiger partial charge is 0.305 e. The summed E-state index contributed by atoms with van der Waals surface area (Å²) < 4.78 is 17.4. The first-order valence-electron chi connectivity index (χ1n) is 4.42. The topological polar surface area (TPSA) is 50.1 Å². The first-order chi connectivity index (χ1) is 7.17. The molecule has 0 fully saturated rings. The molecule has 1 aromatic rings. The number of carbonyl (C=O) groups is 1. The van der Waals surface area contributed by atoms with Crippen molar-refractivity contribution >= 4 is 5.97 Å². The molecule has 0 saturated carbocycles. The summed E-state index contributed by atoms with van der Waals surface area (Å²) in [5.74, 6) is -0.864. The molecular weight excluding hydrogens is 197 g/mol. The third kappa shape index (κ3) is 3.06. The molecule has 1 aromatic carbocycles. The molecule has 0 radical (unpaired) electrons. The molecule has 0 aliphatic heterocycles. The Kier molecular flexibility index (Phi) is 3.81. The van der Waals surface area contributed by atoms with Crippen molar-refractivity contribution < 1.29 is 13.9 Å². The van der Waals surface area contributed by atoms with Gasteiger partial charge in [0.15, 0.2) is 0 Å². The Hall–Kier alpha value is -1.89. The summed E-state index contributed by atoms with van der Waals surface area (Å²) in [7, 11) is 1.31. The van der Waals surface area contributed by atoms with Crippen LogP contribution < -0.4 is 0 Å². The van der Waals surface area contributed by atoms with Crippen LogP contribution in [0.1, 0.15) is 17.5 Å². The second-order valence-corrected chi connectivity index (χ2v) is 3.00. The Morgan fingerprint density at radius 1 is 1.60 bits per heavy atom. The molecule has 15 heavy (non-hydrogen) atoms. The van der Waals surface area contributed by atoms with Gasteiger partial charge in [0, 0.05) is 6.42 Å². The van der Waals surface area contributed by atoms with Crippen molar-refractivity contribution in [3.05, 3.63) is 35.1 Å². The lowest BCUT2D eigenvalue weighted by Gasteiger charge is -2.01. The minimum Gasteiger partial charge on any atom is -0.469 e. The van der Waals surface area contributed by atoms with Crippen molar-refractivity contribution in [2.75, 3.05) is 7.11 Å². The first-order valence-corrected chi connectivity index (χ1v) is 4.42. The highest BCUT2D eigenvalue weighted by molar-refractivity contribution is 5.69. The van der Waals surface area contributed by atoms with Crippen molar-refractivity contribution in [2.45, 2.75) is 12.8 Å². The van der Waals surface area contributed by atoms with E-state index >= 15 is 0 Å². The third-order valence-electron chi connectivity index (χ3n) is 2.00. The monoisotopic (exact) mass is 207 g/mol. The molecule has 0 heterocycles. The minimum atomic E-state index is -0.542. The summed E-state index contributed by atoms with van der Waals surface area (Å²) in [4.78, 5) is 10.8. The molecule has 0 spiro atoms. The van der Waals surface area contributed by atoms with Gasteiger partial charge < -0.3 is 4.74 Å². The number of rotatable bonds is 3. The van der Waals surface area contributed by atoms with Gasteiger partial charge in [-0.2, -0.15) is 5.26 Å². The van der Waals surface area contributed by atoms with E-state index in [4.69, 9.17) is 5.26 Å². The number of halogens is 1. The number of methoxy groups -OCH3 is 1. The van der Waals surface area contributed by atoms with E-state index in [0.29, 0.717) is 6.42 Å². The maximum atomic E-state index is 12.9. The van der Waals surface area contributed by atoms with Crippen LogP contribution in [0.5, 0.6) is 0 Å². The fourth-order valence-corrected chi connectivity index (χ4v) is 1.16. The average Bonchev–Trinajstić information content (AvgIpc) is 2.27. The van der Waals surface area contributed by atoms with Gasteiger partial charge in [-0.25, -0.2) is 4.39 Å². The van der Waals surface area contributed by atoms with Crippen LogP contribution in [0.3, 0.4) is 0 Å². The second-order valence-electron chi connectivity index (χ2n) is 3.00. The number of esters is 1. The summed E-state index contributed by atoms with van der Waals surface area (Å²) >= 11 is 0. The molecule has 1 rings (SSSR count). The van der Waals surface area contributed by atoms with Crippen LogP contribution in [0.25, 0.3) is 0 Å². The standard InChI is InChI=1S/C11H10FNO2/c1-15-11(14)5-3-8-2-4-10(12)9(6-8)7-13/h2,4,6H,3,5H2,1H3. The molecular formula is C11H10FNO2. The number of hydrogen-bond acceptors (Lipinski definition) is 3. The van der Waals surface area contributed by atoms with Gasteiger partial charge in [-0.1, -0.05) is 6.07 Å². The number of carbonyl (C=O) groups excluding carboxylic acids is 1. The van der Waals surface area contributed by atoms with E-state index in [9.17, 15) is 9.18 Å². The summed E-state index contributed by atoms with van der Waals surface area (Å²) in [6.07, 6.45) is 0.675. The lowest BCUT2D eigenvalue weighted by Crippen LogP contribution is -2.02. The van der Waals surface area contributed by atoms with Crippen LogP contribution in [0.15, 0.2) is 18.2 Å². The molecule has 0 unspecified atom stereocenters. The number of benzene rings is 1. The quantitative estimate of drug-likeness (QED) is 0.710. The van der Waals surface area contributed by atoms with Crippen LogP contribution in [-0.2, 0) is 16.0 Å². The van der Waals surface area contributed by atoms with Gasteiger partial charge in [0.2, 0.25) is 0 Å². The highest BCUT2D eigenvalue weighted by Crippen LogP contribution is 2.11. The van der Waals surface area contributed by atoms with Gasteiger partial charge >= 0.3 is 5.97 Å². The van der Waals surface area contributed by atoms with Crippen molar-refractivity contribution in [1.29, 1.82) is 5.26 Å². The zero-order valence-corrected chi connectivity index (χ0v) is 8.29. The molecule has 0 N–H and O–H groups in total.